The largest absolute Gasteiger partial charge is 0.507 e. The molecular weight excluding hydrogens is 426 g/mol. The normalized spacial score (nSPS) is 17.6. The third-order valence-corrected chi connectivity index (χ3v) is 6.39. The van der Waals surface area contributed by atoms with Crippen molar-refractivity contribution in [2.45, 2.75) is 19.9 Å². The van der Waals surface area contributed by atoms with Gasteiger partial charge in [-0.3, -0.25) is 14.5 Å². The first-order valence-electron chi connectivity index (χ1n) is 10.0. The Hall–Kier alpha value is -3.58. The number of hydrogen-bond donors (Lipinski definition) is 1. The van der Waals surface area contributed by atoms with Crippen LogP contribution >= 0.6 is 11.3 Å². The molecule has 0 bridgehead atoms. The van der Waals surface area contributed by atoms with Crippen LogP contribution < -0.4 is 14.4 Å². The van der Waals surface area contributed by atoms with E-state index in [1.165, 1.54) is 30.5 Å². The molecule has 0 radical (unpaired) electrons. The van der Waals surface area contributed by atoms with Gasteiger partial charge in [-0.05, 0) is 54.6 Å². The highest BCUT2D eigenvalue weighted by Gasteiger charge is 2.47. The van der Waals surface area contributed by atoms with Crippen LogP contribution in [0.2, 0.25) is 0 Å². The first kappa shape index (κ1) is 21.6. The molecule has 1 amide bonds. The summed E-state index contributed by atoms with van der Waals surface area (Å²) in [4.78, 5) is 28.6. The van der Waals surface area contributed by atoms with E-state index < -0.39 is 17.7 Å². The number of ketones is 1. The molecule has 1 saturated heterocycles. The second kappa shape index (κ2) is 8.51. The summed E-state index contributed by atoms with van der Waals surface area (Å²) >= 11 is 1.41. The summed E-state index contributed by atoms with van der Waals surface area (Å²) in [7, 11) is 3.05. The molecule has 1 unspecified atom stereocenters. The Labute approximate surface area is 190 Å². The van der Waals surface area contributed by atoms with Gasteiger partial charge in [-0.2, -0.15) is 0 Å². The van der Waals surface area contributed by atoms with Crippen molar-refractivity contribution in [3.05, 3.63) is 81.1 Å². The Kier molecular flexibility index (Phi) is 5.76. The van der Waals surface area contributed by atoms with Gasteiger partial charge in [-0.1, -0.05) is 18.2 Å². The van der Waals surface area contributed by atoms with Crippen molar-refractivity contribution in [3.8, 4) is 11.5 Å². The zero-order valence-corrected chi connectivity index (χ0v) is 19.0. The third kappa shape index (κ3) is 3.54. The molecule has 7 heteroatoms. The number of anilines is 1. The third-order valence-electron chi connectivity index (χ3n) is 5.47. The van der Waals surface area contributed by atoms with Gasteiger partial charge < -0.3 is 14.6 Å². The predicted molar refractivity (Wildman–Crippen MR) is 125 cm³/mol. The minimum Gasteiger partial charge on any atom is -0.507 e. The molecule has 1 N–H and O–H groups in total. The van der Waals surface area contributed by atoms with E-state index in [-0.39, 0.29) is 11.3 Å². The zero-order valence-electron chi connectivity index (χ0n) is 18.2. The smallest absolute Gasteiger partial charge is 0.300 e. The van der Waals surface area contributed by atoms with E-state index in [1.54, 1.807) is 30.3 Å². The van der Waals surface area contributed by atoms with Gasteiger partial charge in [0.25, 0.3) is 11.7 Å². The zero-order chi connectivity index (χ0) is 23.0. The molecule has 1 aromatic heterocycles. The maximum atomic E-state index is 13.3. The van der Waals surface area contributed by atoms with Gasteiger partial charge in [0.2, 0.25) is 0 Å². The van der Waals surface area contributed by atoms with E-state index in [4.69, 9.17) is 9.47 Å². The molecule has 2 aromatic carbocycles. The number of hydrogen-bond acceptors (Lipinski definition) is 6. The Balaban J connectivity index is 1.98. The number of aliphatic hydroxyl groups excluding tert-OH is 1. The number of Topliss-reactive ketones (excluding diaryl/α,β-unsaturated/α-hetero) is 1. The highest BCUT2D eigenvalue weighted by atomic mass is 32.1. The molecule has 6 nitrogen and oxygen atoms in total. The van der Waals surface area contributed by atoms with Crippen LogP contribution in [0.5, 0.6) is 11.5 Å². The van der Waals surface area contributed by atoms with Crippen LogP contribution in [0.15, 0.2) is 59.5 Å². The number of thiophene rings is 1. The van der Waals surface area contributed by atoms with Crippen molar-refractivity contribution in [2.75, 3.05) is 19.1 Å². The predicted octanol–water partition coefficient (Wildman–Crippen LogP) is 5.01. The summed E-state index contributed by atoms with van der Waals surface area (Å²) < 4.78 is 10.8. The number of carbonyl (C=O) groups excluding carboxylic acids is 2. The molecule has 2 heterocycles. The van der Waals surface area contributed by atoms with Gasteiger partial charge in [0.15, 0.2) is 0 Å². The monoisotopic (exact) mass is 449 g/mol. The maximum absolute atomic E-state index is 13.3. The Morgan fingerprint density at radius 3 is 2.47 bits per heavy atom. The average molecular weight is 450 g/mol. The Morgan fingerprint density at radius 1 is 1.03 bits per heavy atom. The van der Waals surface area contributed by atoms with E-state index in [9.17, 15) is 14.7 Å². The molecule has 164 valence electrons. The second-order valence-corrected chi connectivity index (χ2v) is 8.53. The van der Waals surface area contributed by atoms with Crippen LogP contribution in [-0.4, -0.2) is 31.0 Å². The number of ether oxygens (including phenoxy) is 2. The van der Waals surface area contributed by atoms with Gasteiger partial charge in [-0.15, -0.1) is 11.3 Å². The molecule has 3 aromatic rings. The van der Waals surface area contributed by atoms with Crippen LogP contribution in [-0.2, 0) is 9.59 Å². The Bertz CT molecular complexity index is 1230. The number of methoxy groups -OCH3 is 2. The van der Waals surface area contributed by atoms with E-state index in [1.807, 2.05) is 37.4 Å². The van der Waals surface area contributed by atoms with Crippen LogP contribution in [0, 0.1) is 13.8 Å². The number of aryl methyl sites for hydroxylation is 2. The lowest BCUT2D eigenvalue weighted by Gasteiger charge is -2.24. The van der Waals surface area contributed by atoms with Crippen LogP contribution in [0.1, 0.15) is 27.6 Å². The summed E-state index contributed by atoms with van der Waals surface area (Å²) in [5.41, 5.74) is 2.65. The van der Waals surface area contributed by atoms with Crippen molar-refractivity contribution in [3.63, 3.8) is 0 Å². The number of benzene rings is 2. The highest BCUT2D eigenvalue weighted by Crippen LogP contribution is 2.45. The van der Waals surface area contributed by atoms with Crippen LogP contribution in [0.4, 0.5) is 5.69 Å². The molecule has 1 aliphatic heterocycles. The number of carbonyl (C=O) groups is 2. The fraction of sp³-hybridized carbons (Fsp3) is 0.200. The van der Waals surface area contributed by atoms with Gasteiger partial charge in [0.1, 0.15) is 23.3 Å². The van der Waals surface area contributed by atoms with Crippen molar-refractivity contribution < 1.29 is 24.2 Å². The lowest BCUT2D eigenvalue weighted by molar-refractivity contribution is -0.132. The number of nitrogens with zero attached hydrogens (tertiary/aromatic N) is 1. The van der Waals surface area contributed by atoms with Crippen molar-refractivity contribution in [1.82, 2.24) is 0 Å². The van der Waals surface area contributed by atoms with Crippen LogP contribution in [0.3, 0.4) is 0 Å². The molecule has 1 aliphatic rings. The van der Waals surface area contributed by atoms with E-state index in [0.29, 0.717) is 22.7 Å². The number of aliphatic hydroxyl groups is 1. The molecule has 0 aliphatic carbocycles. The summed E-state index contributed by atoms with van der Waals surface area (Å²) in [5.74, 6) is -0.682. The standard InChI is InChI=1S/C25H23NO5S/c1-14-11-15(2)24(31-4)18(12-14)22(27)20-21(19-9-6-10-32-19)26(25(29)23(20)28)16-7-5-8-17(13-16)30-3/h5-13,21,27H,1-4H3/b22-20-. The summed E-state index contributed by atoms with van der Waals surface area (Å²) in [6.07, 6.45) is 0. The van der Waals surface area contributed by atoms with Crippen molar-refractivity contribution >= 4 is 34.5 Å². The van der Waals surface area contributed by atoms with Crippen molar-refractivity contribution in [1.29, 1.82) is 0 Å². The molecule has 0 saturated carbocycles. The SMILES string of the molecule is COc1cccc(N2C(=O)C(=O)/C(=C(\O)c3cc(C)cc(C)c3OC)C2c2cccs2)c1. The first-order valence-corrected chi connectivity index (χ1v) is 10.9. The minimum absolute atomic E-state index is 0.0311. The molecule has 1 fully saturated rings. The van der Waals surface area contributed by atoms with Gasteiger partial charge in [0.05, 0.1) is 25.4 Å². The maximum Gasteiger partial charge on any atom is 0.300 e. The summed E-state index contributed by atoms with van der Waals surface area (Å²) in [6, 6.07) is 13.6. The van der Waals surface area contributed by atoms with E-state index in [0.717, 1.165) is 16.0 Å². The molecule has 1 atom stereocenters. The lowest BCUT2D eigenvalue weighted by Crippen LogP contribution is -2.29. The molecule has 4 rings (SSSR count). The highest BCUT2D eigenvalue weighted by molar-refractivity contribution is 7.10. The molecule has 0 spiro atoms. The molecule has 32 heavy (non-hydrogen) atoms. The van der Waals surface area contributed by atoms with Gasteiger partial charge in [-0.25, -0.2) is 0 Å². The van der Waals surface area contributed by atoms with Gasteiger partial charge in [0, 0.05) is 16.6 Å². The fourth-order valence-electron chi connectivity index (χ4n) is 4.12. The number of amides is 1. The first-order chi connectivity index (χ1) is 15.4. The Morgan fingerprint density at radius 2 is 1.81 bits per heavy atom. The second-order valence-electron chi connectivity index (χ2n) is 7.55. The van der Waals surface area contributed by atoms with E-state index >= 15 is 0 Å². The topological polar surface area (TPSA) is 76.1 Å². The fourth-order valence-corrected chi connectivity index (χ4v) is 4.95. The quantitative estimate of drug-likeness (QED) is 0.337. The summed E-state index contributed by atoms with van der Waals surface area (Å²) in [5, 5.41) is 13.3. The van der Waals surface area contributed by atoms with Crippen molar-refractivity contribution in [2.24, 2.45) is 0 Å². The van der Waals surface area contributed by atoms with Crippen LogP contribution in [0.25, 0.3) is 5.76 Å². The average Bonchev–Trinajstić information content (AvgIpc) is 3.40. The minimum atomic E-state index is -0.771. The van der Waals surface area contributed by atoms with E-state index in [2.05, 4.69) is 0 Å². The van der Waals surface area contributed by atoms with Gasteiger partial charge >= 0.3 is 0 Å². The lowest BCUT2D eigenvalue weighted by atomic mass is 9.96. The number of rotatable bonds is 5. The molecular formula is C25H23NO5S. The summed E-state index contributed by atoms with van der Waals surface area (Å²) in [6.45, 7) is 3.77.